The summed E-state index contributed by atoms with van der Waals surface area (Å²) in [5.74, 6) is -0.849. The van der Waals surface area contributed by atoms with Gasteiger partial charge in [-0.25, -0.2) is 0 Å². The zero-order valence-electron chi connectivity index (χ0n) is 13.7. The van der Waals surface area contributed by atoms with Gasteiger partial charge in [-0.3, -0.25) is 4.79 Å². The van der Waals surface area contributed by atoms with Gasteiger partial charge in [0.05, 0.1) is 11.1 Å². The number of hydrogen-bond acceptors (Lipinski definition) is 1. The molecule has 0 saturated heterocycles. The monoisotopic (exact) mass is 409 g/mol. The van der Waals surface area contributed by atoms with Gasteiger partial charge in [-0.2, -0.15) is 26.3 Å². The molecule has 0 aliphatic rings. The molecule has 0 unspecified atom stereocenters. The van der Waals surface area contributed by atoms with E-state index in [-0.39, 0.29) is 19.0 Å². The summed E-state index contributed by atoms with van der Waals surface area (Å²) in [5, 5.41) is 0. The van der Waals surface area contributed by atoms with Crippen molar-refractivity contribution in [3.05, 3.63) is 70.8 Å². The van der Waals surface area contributed by atoms with E-state index in [2.05, 4.69) is 0 Å². The fourth-order valence-corrected chi connectivity index (χ4v) is 2.52. The van der Waals surface area contributed by atoms with Crippen LogP contribution >= 0.6 is 11.6 Å². The van der Waals surface area contributed by atoms with E-state index in [0.29, 0.717) is 11.1 Å². The maximum absolute atomic E-state index is 12.6. The van der Waals surface area contributed by atoms with Crippen LogP contribution in [0.15, 0.2) is 48.5 Å². The van der Waals surface area contributed by atoms with Crippen molar-refractivity contribution in [1.29, 1.82) is 0 Å². The number of alkyl halides is 7. The lowest BCUT2D eigenvalue weighted by atomic mass is 10.1. The van der Waals surface area contributed by atoms with E-state index in [4.69, 9.17) is 11.6 Å². The van der Waals surface area contributed by atoms with Crippen LogP contribution in [0.4, 0.5) is 26.3 Å². The molecule has 0 fully saturated rings. The Morgan fingerprint density at radius 1 is 0.741 bits per heavy atom. The lowest BCUT2D eigenvalue weighted by Crippen LogP contribution is -2.31. The molecule has 2 aromatic rings. The fourth-order valence-electron chi connectivity index (χ4n) is 2.36. The minimum atomic E-state index is -4.47. The van der Waals surface area contributed by atoms with Crippen LogP contribution < -0.4 is 0 Å². The standard InChI is InChI=1S/C18H14ClF6NO/c19-9-16(27)26(10-12-1-5-14(6-2-12)17(20,21)22)11-13-3-7-15(8-4-13)18(23,24)25/h1-8H,9-11H2. The summed E-state index contributed by atoms with van der Waals surface area (Å²) in [7, 11) is 0. The zero-order chi connectivity index (χ0) is 20.2. The van der Waals surface area contributed by atoms with Gasteiger partial charge in [-0.05, 0) is 35.4 Å². The van der Waals surface area contributed by atoms with Crippen molar-refractivity contribution in [3.63, 3.8) is 0 Å². The molecule has 27 heavy (non-hydrogen) atoms. The third-order valence-corrected chi connectivity index (χ3v) is 4.01. The first-order valence-electron chi connectivity index (χ1n) is 7.66. The molecule has 2 rings (SSSR count). The van der Waals surface area contributed by atoms with Crippen molar-refractivity contribution in [3.8, 4) is 0 Å². The van der Waals surface area contributed by atoms with Gasteiger partial charge in [0.15, 0.2) is 0 Å². The topological polar surface area (TPSA) is 20.3 Å². The number of halogens is 7. The van der Waals surface area contributed by atoms with Gasteiger partial charge in [0.2, 0.25) is 5.91 Å². The molecule has 0 atom stereocenters. The lowest BCUT2D eigenvalue weighted by Gasteiger charge is -2.22. The lowest BCUT2D eigenvalue weighted by molar-refractivity contribution is -0.138. The third-order valence-electron chi connectivity index (χ3n) is 3.78. The summed E-state index contributed by atoms with van der Waals surface area (Å²) < 4.78 is 75.6. The largest absolute Gasteiger partial charge is 0.416 e. The molecule has 0 aliphatic carbocycles. The molecule has 2 aromatic carbocycles. The molecule has 0 aliphatic heterocycles. The summed E-state index contributed by atoms with van der Waals surface area (Å²) in [5.41, 5.74) is -0.754. The Labute approximate surface area is 156 Å². The van der Waals surface area contributed by atoms with E-state index in [0.717, 1.165) is 24.3 Å². The normalized spacial score (nSPS) is 12.1. The minimum absolute atomic E-state index is 0.0231. The van der Waals surface area contributed by atoms with Gasteiger partial charge < -0.3 is 4.90 Å². The third kappa shape index (κ3) is 5.89. The highest BCUT2D eigenvalue weighted by Gasteiger charge is 2.31. The van der Waals surface area contributed by atoms with E-state index >= 15 is 0 Å². The smallest absolute Gasteiger partial charge is 0.333 e. The van der Waals surface area contributed by atoms with E-state index in [1.54, 1.807) is 0 Å². The van der Waals surface area contributed by atoms with Gasteiger partial charge in [0, 0.05) is 13.1 Å². The number of hydrogen-bond donors (Lipinski definition) is 0. The van der Waals surface area contributed by atoms with Crippen LogP contribution in [-0.2, 0) is 30.2 Å². The van der Waals surface area contributed by atoms with Crippen LogP contribution in [0.2, 0.25) is 0 Å². The van der Waals surface area contributed by atoms with E-state index in [1.807, 2.05) is 0 Å². The Balaban J connectivity index is 2.15. The molecule has 0 spiro atoms. The molecule has 9 heteroatoms. The molecular weight excluding hydrogens is 396 g/mol. The van der Waals surface area contributed by atoms with Crippen LogP contribution in [0.3, 0.4) is 0 Å². The highest BCUT2D eigenvalue weighted by Crippen LogP contribution is 2.30. The summed E-state index contributed by atoms with van der Waals surface area (Å²) in [6.07, 6.45) is -8.94. The van der Waals surface area contributed by atoms with Crippen molar-refractivity contribution in [2.24, 2.45) is 0 Å². The van der Waals surface area contributed by atoms with Crippen molar-refractivity contribution in [2.75, 3.05) is 5.88 Å². The maximum atomic E-state index is 12.6. The van der Waals surface area contributed by atoms with Crippen molar-refractivity contribution in [2.45, 2.75) is 25.4 Å². The van der Waals surface area contributed by atoms with E-state index in [1.165, 1.54) is 29.2 Å². The van der Waals surface area contributed by atoms with E-state index < -0.39 is 29.4 Å². The molecule has 0 bridgehead atoms. The van der Waals surface area contributed by atoms with Gasteiger partial charge >= 0.3 is 12.4 Å². The van der Waals surface area contributed by atoms with Crippen LogP contribution in [-0.4, -0.2) is 16.7 Å². The number of carbonyl (C=O) groups is 1. The second-order valence-corrected chi connectivity index (χ2v) is 6.04. The van der Waals surface area contributed by atoms with Crippen LogP contribution in [0.1, 0.15) is 22.3 Å². The molecule has 0 aromatic heterocycles. The Morgan fingerprint density at radius 3 is 1.33 bits per heavy atom. The summed E-state index contributed by atoms with van der Waals surface area (Å²) in [6.45, 7) is -0.0462. The molecule has 1 amide bonds. The predicted octanol–water partition coefficient (Wildman–Crippen LogP) is 5.49. The number of carbonyl (C=O) groups excluding carboxylic acids is 1. The van der Waals surface area contributed by atoms with Crippen molar-refractivity contribution < 1.29 is 31.1 Å². The maximum Gasteiger partial charge on any atom is 0.416 e. The van der Waals surface area contributed by atoms with Crippen LogP contribution in [0, 0.1) is 0 Å². The number of nitrogens with zero attached hydrogens (tertiary/aromatic N) is 1. The highest BCUT2D eigenvalue weighted by molar-refractivity contribution is 6.27. The first-order chi connectivity index (χ1) is 12.5. The molecule has 0 saturated carbocycles. The van der Waals surface area contributed by atoms with Gasteiger partial charge in [-0.15, -0.1) is 11.6 Å². The van der Waals surface area contributed by atoms with Gasteiger partial charge in [0.1, 0.15) is 5.88 Å². The summed E-state index contributed by atoms with van der Waals surface area (Å²) >= 11 is 5.56. The molecule has 2 nitrogen and oxygen atoms in total. The molecule has 0 heterocycles. The second kappa shape index (κ2) is 8.21. The molecule has 146 valence electrons. The molecular formula is C18H14ClF6NO. The number of amides is 1. The van der Waals surface area contributed by atoms with Crippen LogP contribution in [0.5, 0.6) is 0 Å². The number of benzene rings is 2. The Hall–Kier alpha value is -2.22. The quantitative estimate of drug-likeness (QED) is 0.472. The summed E-state index contributed by atoms with van der Waals surface area (Å²) in [4.78, 5) is 13.3. The molecule has 0 N–H and O–H groups in total. The first kappa shape index (κ1) is 21.1. The zero-order valence-corrected chi connectivity index (χ0v) is 14.5. The predicted molar refractivity (Wildman–Crippen MR) is 87.9 cm³/mol. The fraction of sp³-hybridized carbons (Fsp3) is 0.278. The average molecular weight is 410 g/mol. The highest BCUT2D eigenvalue weighted by atomic mass is 35.5. The minimum Gasteiger partial charge on any atom is -0.333 e. The SMILES string of the molecule is O=C(CCl)N(Cc1ccc(C(F)(F)F)cc1)Cc1ccc(C(F)(F)F)cc1. The van der Waals surface area contributed by atoms with Crippen molar-refractivity contribution in [1.82, 2.24) is 4.90 Å². The second-order valence-electron chi connectivity index (χ2n) is 5.77. The van der Waals surface area contributed by atoms with Crippen molar-refractivity contribution >= 4 is 17.5 Å². The Bertz CT molecular complexity index is 709. The Morgan fingerprint density at radius 2 is 1.07 bits per heavy atom. The van der Waals surface area contributed by atoms with E-state index in [9.17, 15) is 31.1 Å². The first-order valence-corrected chi connectivity index (χ1v) is 8.20. The van der Waals surface area contributed by atoms with Gasteiger partial charge in [-0.1, -0.05) is 24.3 Å². The number of rotatable bonds is 5. The average Bonchev–Trinajstić information content (AvgIpc) is 2.60. The van der Waals surface area contributed by atoms with Crippen LogP contribution in [0.25, 0.3) is 0 Å². The summed E-state index contributed by atoms with van der Waals surface area (Å²) in [6, 6.07) is 8.56. The molecule has 0 radical (unpaired) electrons. The Kier molecular flexibility index (Phi) is 6.41. The van der Waals surface area contributed by atoms with Gasteiger partial charge in [0.25, 0.3) is 0 Å².